The molecule has 1 aliphatic heterocycles. The zero-order chi connectivity index (χ0) is 19.4. The van der Waals surface area contributed by atoms with E-state index in [1.54, 1.807) is 17.0 Å². The Morgan fingerprint density at radius 1 is 1.15 bits per heavy atom. The highest BCUT2D eigenvalue weighted by Gasteiger charge is 2.22. The number of carboxylic acids is 2. The summed E-state index contributed by atoms with van der Waals surface area (Å²) in [6, 6.07) is 5.36. The van der Waals surface area contributed by atoms with Gasteiger partial charge in [0.15, 0.2) is 5.97 Å². The highest BCUT2D eigenvalue weighted by molar-refractivity contribution is 6.26. The standard InChI is InChI=1S/C18H23FN2.C2H2O4/c19-14-7-8-18-16(13-14)15-5-1-2-6-17(15)21(18)12-11-20-9-3-4-10-20;3-1(4)2(5)6/h7-8,13H,1-6,9-12H2;(H,3,4)(H,5,6). The van der Waals surface area contributed by atoms with Crippen LogP contribution in [-0.2, 0) is 29.0 Å². The summed E-state index contributed by atoms with van der Waals surface area (Å²) in [5.74, 6) is -4.11. The van der Waals surface area contributed by atoms with Crippen molar-refractivity contribution < 1.29 is 29.1 Å². The third kappa shape index (κ3) is 4.47. The summed E-state index contributed by atoms with van der Waals surface area (Å²) in [6.45, 7) is 4.96. The van der Waals surface area contributed by atoms with Crippen LogP contribution < -0.4 is 10.0 Å². The van der Waals surface area contributed by atoms with Crippen molar-refractivity contribution in [3.8, 4) is 0 Å². The summed E-state index contributed by atoms with van der Waals surface area (Å²) in [6.07, 6.45) is 7.58. The molecule has 2 aromatic rings. The molecule has 1 aromatic heterocycles. The summed E-state index contributed by atoms with van der Waals surface area (Å²) in [7, 11) is 0. The summed E-state index contributed by atoms with van der Waals surface area (Å²) in [5, 5.41) is 17.5. The fourth-order valence-corrected chi connectivity index (χ4v) is 4.26. The Balaban J connectivity index is 0.000000307. The molecule has 0 radical (unpaired) electrons. The maximum Gasteiger partial charge on any atom is 0.351 e. The number of quaternary nitrogens is 1. The highest BCUT2D eigenvalue weighted by atomic mass is 19.1. The maximum atomic E-state index is 13.6. The molecule has 0 bridgehead atoms. The number of aryl methyl sites for hydroxylation is 1. The van der Waals surface area contributed by atoms with E-state index in [0.717, 1.165) is 13.0 Å². The van der Waals surface area contributed by atoms with Gasteiger partial charge >= 0.3 is 5.97 Å². The number of halogens is 1. The zero-order valence-electron chi connectivity index (χ0n) is 15.3. The lowest BCUT2D eigenvalue weighted by Crippen LogP contribution is -3.10. The first-order valence-corrected chi connectivity index (χ1v) is 9.54. The smallest absolute Gasteiger partial charge is 0.351 e. The van der Waals surface area contributed by atoms with E-state index in [4.69, 9.17) is 19.8 Å². The van der Waals surface area contributed by atoms with Crippen molar-refractivity contribution in [2.24, 2.45) is 0 Å². The van der Waals surface area contributed by atoms with Crippen LogP contribution in [0.3, 0.4) is 0 Å². The van der Waals surface area contributed by atoms with Gasteiger partial charge < -0.3 is 24.5 Å². The largest absolute Gasteiger partial charge is 0.539 e. The van der Waals surface area contributed by atoms with E-state index in [0.29, 0.717) is 0 Å². The number of carboxylic acid groups (broad SMARTS) is 2. The van der Waals surface area contributed by atoms with Gasteiger partial charge in [0.1, 0.15) is 5.82 Å². The molecule has 2 heterocycles. The predicted octanol–water partition coefficient (Wildman–Crippen LogP) is 0.159. The van der Waals surface area contributed by atoms with Gasteiger partial charge in [-0.05, 0) is 49.4 Å². The predicted molar refractivity (Wildman–Crippen MR) is 96.0 cm³/mol. The van der Waals surface area contributed by atoms with Crippen molar-refractivity contribution in [3.05, 3.63) is 35.3 Å². The molecule has 1 aromatic carbocycles. The monoisotopic (exact) mass is 376 g/mol. The van der Waals surface area contributed by atoms with Crippen molar-refractivity contribution in [2.45, 2.75) is 45.1 Å². The number of aliphatic carboxylic acids is 2. The SMILES string of the molecule is Fc1ccc2c(c1)c1c(n2CC[NH+]2CCCC2)CCCC1.O=C([O-])C(=O)O. The van der Waals surface area contributed by atoms with Crippen molar-refractivity contribution in [1.29, 1.82) is 0 Å². The van der Waals surface area contributed by atoms with Gasteiger partial charge in [-0.15, -0.1) is 0 Å². The minimum absolute atomic E-state index is 0.0989. The lowest BCUT2D eigenvalue weighted by molar-refractivity contribution is -0.888. The van der Waals surface area contributed by atoms with E-state index in [9.17, 15) is 4.39 Å². The number of likely N-dealkylation sites (tertiary alicyclic amines) is 1. The lowest BCUT2D eigenvalue weighted by Gasteiger charge is -2.18. The van der Waals surface area contributed by atoms with E-state index >= 15 is 0 Å². The number of carbonyl (C=O) groups excluding carboxylic acids is 1. The first kappa shape index (κ1) is 19.4. The molecule has 0 saturated carbocycles. The molecule has 0 unspecified atom stereocenters. The second kappa shape index (κ2) is 8.52. The van der Waals surface area contributed by atoms with E-state index in [1.807, 2.05) is 6.07 Å². The molecule has 2 N–H and O–H groups in total. The molecule has 7 heteroatoms. The van der Waals surface area contributed by atoms with Crippen molar-refractivity contribution in [3.63, 3.8) is 0 Å². The first-order chi connectivity index (χ1) is 13.0. The van der Waals surface area contributed by atoms with Crippen LogP contribution in [0.25, 0.3) is 10.9 Å². The molecule has 0 atom stereocenters. The number of fused-ring (bicyclic) bond motifs is 3. The van der Waals surface area contributed by atoms with Crippen molar-refractivity contribution in [2.75, 3.05) is 19.6 Å². The molecular weight excluding hydrogens is 351 g/mol. The quantitative estimate of drug-likeness (QED) is 0.747. The van der Waals surface area contributed by atoms with Gasteiger partial charge in [0.2, 0.25) is 0 Å². The van der Waals surface area contributed by atoms with Gasteiger partial charge in [0, 0.05) is 29.4 Å². The number of nitrogens with one attached hydrogen (secondary N) is 1. The normalized spacial score (nSPS) is 16.6. The second-order valence-electron chi connectivity index (χ2n) is 7.25. The van der Waals surface area contributed by atoms with Crippen LogP contribution in [-0.4, -0.2) is 41.2 Å². The third-order valence-corrected chi connectivity index (χ3v) is 5.51. The van der Waals surface area contributed by atoms with Gasteiger partial charge in [-0.1, -0.05) is 0 Å². The van der Waals surface area contributed by atoms with Crippen LogP contribution in [0, 0.1) is 5.82 Å². The molecular formula is C20H25FN2O4. The lowest BCUT2D eigenvalue weighted by atomic mass is 9.95. The Hall–Kier alpha value is -2.41. The molecule has 4 rings (SSSR count). The average Bonchev–Trinajstić information content (AvgIpc) is 3.26. The van der Waals surface area contributed by atoms with Crippen LogP contribution in [0.5, 0.6) is 0 Å². The molecule has 27 heavy (non-hydrogen) atoms. The van der Waals surface area contributed by atoms with Crippen LogP contribution in [0.4, 0.5) is 4.39 Å². The van der Waals surface area contributed by atoms with E-state index in [1.165, 1.54) is 73.9 Å². The average molecular weight is 376 g/mol. The number of rotatable bonds is 3. The summed E-state index contributed by atoms with van der Waals surface area (Å²) in [5.41, 5.74) is 4.16. The number of benzene rings is 1. The van der Waals surface area contributed by atoms with Crippen molar-refractivity contribution >= 4 is 22.8 Å². The fraction of sp³-hybridized carbons (Fsp3) is 0.500. The first-order valence-electron chi connectivity index (χ1n) is 9.54. The Morgan fingerprint density at radius 2 is 1.81 bits per heavy atom. The second-order valence-corrected chi connectivity index (χ2v) is 7.25. The Bertz CT molecular complexity index is 828. The number of hydrogen-bond acceptors (Lipinski definition) is 3. The molecule has 1 aliphatic carbocycles. The fourth-order valence-electron chi connectivity index (χ4n) is 4.26. The summed E-state index contributed by atoms with van der Waals surface area (Å²) < 4.78 is 16.1. The van der Waals surface area contributed by atoms with Crippen LogP contribution >= 0.6 is 0 Å². The maximum absolute atomic E-state index is 13.6. The number of aromatic nitrogens is 1. The Labute approximate surface area is 157 Å². The molecule has 2 aliphatic rings. The van der Waals surface area contributed by atoms with E-state index < -0.39 is 11.9 Å². The van der Waals surface area contributed by atoms with Crippen LogP contribution in [0.1, 0.15) is 36.9 Å². The zero-order valence-corrected chi connectivity index (χ0v) is 15.3. The Kier molecular flexibility index (Phi) is 6.11. The molecule has 0 spiro atoms. The highest BCUT2D eigenvalue weighted by Crippen LogP contribution is 2.32. The van der Waals surface area contributed by atoms with Crippen LogP contribution in [0.2, 0.25) is 0 Å². The summed E-state index contributed by atoms with van der Waals surface area (Å²) in [4.78, 5) is 19.8. The topological polar surface area (TPSA) is 86.8 Å². The van der Waals surface area contributed by atoms with Crippen LogP contribution in [0.15, 0.2) is 18.2 Å². The van der Waals surface area contributed by atoms with Gasteiger partial charge in [0.25, 0.3) is 0 Å². The van der Waals surface area contributed by atoms with Gasteiger partial charge in [-0.3, -0.25) is 0 Å². The third-order valence-electron chi connectivity index (χ3n) is 5.51. The van der Waals surface area contributed by atoms with Crippen molar-refractivity contribution in [1.82, 2.24) is 4.57 Å². The summed E-state index contributed by atoms with van der Waals surface area (Å²) >= 11 is 0. The van der Waals surface area contributed by atoms with E-state index in [2.05, 4.69) is 4.57 Å². The minimum atomic E-state index is -2.07. The molecule has 146 valence electrons. The molecule has 6 nitrogen and oxygen atoms in total. The molecule has 0 amide bonds. The minimum Gasteiger partial charge on any atom is -0.539 e. The molecule has 1 fully saturated rings. The Morgan fingerprint density at radius 3 is 2.48 bits per heavy atom. The van der Waals surface area contributed by atoms with Gasteiger partial charge in [0.05, 0.1) is 26.2 Å². The number of carbonyl (C=O) groups is 2. The molecule has 1 saturated heterocycles. The van der Waals surface area contributed by atoms with Gasteiger partial charge in [-0.2, -0.15) is 0 Å². The number of hydrogen-bond donors (Lipinski definition) is 2. The number of nitrogens with zero attached hydrogens (tertiary/aromatic N) is 1. The van der Waals surface area contributed by atoms with E-state index in [-0.39, 0.29) is 5.82 Å². The van der Waals surface area contributed by atoms with Gasteiger partial charge in [-0.25, -0.2) is 9.18 Å².